The molecule has 10 nitrogen and oxygen atoms in total. The number of nitrogens with zero attached hydrogens (tertiary/aromatic N) is 3. The standard InChI is InChI=1S/C22H24N4O6S3/c1-13(2)8-9-26-22(28)18(20(27)19(24-26)16-5-4-10-33-16)21-23-15-7-6-14(12-34(3,29)30)11-17(15)35(31,32)25-21/h4-7,10-11,13,27H,8-9,12H2,1-3H3,(H,23,25). The zero-order valence-electron chi connectivity index (χ0n) is 19.2. The van der Waals surface area contributed by atoms with Crippen LogP contribution in [0.1, 0.15) is 31.4 Å². The molecule has 13 heteroatoms. The van der Waals surface area contributed by atoms with E-state index in [-0.39, 0.29) is 51.5 Å². The summed E-state index contributed by atoms with van der Waals surface area (Å²) in [6.07, 6.45) is 1.70. The van der Waals surface area contributed by atoms with Crippen molar-refractivity contribution in [3.8, 4) is 16.3 Å². The molecule has 3 aromatic rings. The lowest BCUT2D eigenvalue weighted by Crippen LogP contribution is -2.34. The Bertz CT molecular complexity index is 1590. The molecule has 2 aromatic heterocycles. The summed E-state index contributed by atoms with van der Waals surface area (Å²) >= 11 is 1.31. The van der Waals surface area contributed by atoms with Crippen LogP contribution in [0.5, 0.6) is 5.75 Å². The lowest BCUT2D eigenvalue weighted by atomic mass is 10.1. The number of sulfone groups is 1. The molecule has 35 heavy (non-hydrogen) atoms. The van der Waals surface area contributed by atoms with E-state index in [0.29, 0.717) is 11.3 Å². The van der Waals surface area contributed by atoms with E-state index in [4.69, 9.17) is 0 Å². The summed E-state index contributed by atoms with van der Waals surface area (Å²) in [5, 5.41) is 20.0. The van der Waals surface area contributed by atoms with Gasteiger partial charge in [-0.25, -0.2) is 13.1 Å². The van der Waals surface area contributed by atoms with E-state index in [0.717, 1.165) is 6.26 Å². The van der Waals surface area contributed by atoms with Gasteiger partial charge in [0.05, 0.1) is 16.3 Å². The van der Waals surface area contributed by atoms with Crippen LogP contribution in [-0.2, 0) is 32.2 Å². The number of hydrogen-bond donors (Lipinski definition) is 2. The van der Waals surface area contributed by atoms with Crippen molar-refractivity contribution in [3.63, 3.8) is 0 Å². The van der Waals surface area contributed by atoms with Gasteiger partial charge in [-0.15, -0.1) is 15.7 Å². The van der Waals surface area contributed by atoms with Crippen molar-refractivity contribution in [1.29, 1.82) is 0 Å². The van der Waals surface area contributed by atoms with Gasteiger partial charge in [0, 0.05) is 12.8 Å². The van der Waals surface area contributed by atoms with Crippen molar-refractivity contribution in [2.45, 2.75) is 37.5 Å². The van der Waals surface area contributed by atoms with Crippen LogP contribution in [0.2, 0.25) is 0 Å². The van der Waals surface area contributed by atoms with Crippen molar-refractivity contribution < 1.29 is 21.9 Å². The highest BCUT2D eigenvalue weighted by atomic mass is 32.2. The maximum atomic E-state index is 13.3. The molecule has 0 bridgehead atoms. The summed E-state index contributed by atoms with van der Waals surface area (Å²) in [5.74, 6) is -0.849. The number of amidine groups is 1. The minimum Gasteiger partial charge on any atom is -0.505 e. The molecule has 0 fully saturated rings. The molecule has 0 saturated carbocycles. The first-order valence-electron chi connectivity index (χ1n) is 10.7. The Balaban J connectivity index is 1.87. The molecule has 2 N–H and O–H groups in total. The number of fused-ring (bicyclic) bond motifs is 1. The van der Waals surface area contributed by atoms with Crippen LogP contribution in [0, 0.1) is 5.92 Å². The average Bonchev–Trinajstić information content (AvgIpc) is 3.27. The van der Waals surface area contributed by atoms with E-state index in [9.17, 15) is 26.7 Å². The lowest BCUT2D eigenvalue weighted by Gasteiger charge is -2.20. The molecular formula is C22H24N4O6S3. The molecule has 0 aliphatic carbocycles. The predicted molar refractivity (Wildman–Crippen MR) is 135 cm³/mol. The van der Waals surface area contributed by atoms with Gasteiger partial charge in [0.2, 0.25) is 0 Å². The van der Waals surface area contributed by atoms with Gasteiger partial charge in [0.15, 0.2) is 21.4 Å². The summed E-state index contributed by atoms with van der Waals surface area (Å²) in [6.45, 7) is 4.27. The number of rotatable bonds is 7. The Hall–Kier alpha value is -3.03. The Morgan fingerprint density at radius 1 is 1.23 bits per heavy atom. The molecular weight excluding hydrogens is 512 g/mol. The molecule has 186 valence electrons. The number of anilines is 1. The number of aryl methyl sites for hydroxylation is 1. The zero-order valence-corrected chi connectivity index (χ0v) is 21.7. The van der Waals surface area contributed by atoms with Gasteiger partial charge in [-0.05, 0) is 41.5 Å². The Labute approximate surface area is 207 Å². The first kappa shape index (κ1) is 25.1. The van der Waals surface area contributed by atoms with Crippen LogP contribution in [0.25, 0.3) is 10.6 Å². The van der Waals surface area contributed by atoms with E-state index in [1.54, 1.807) is 17.5 Å². The second-order valence-electron chi connectivity index (χ2n) is 8.70. The summed E-state index contributed by atoms with van der Waals surface area (Å²) < 4.78 is 54.3. The normalized spacial score (nSPS) is 14.9. The number of thiophene rings is 1. The van der Waals surface area contributed by atoms with Crippen LogP contribution >= 0.6 is 11.3 Å². The topological polar surface area (TPSA) is 148 Å². The first-order chi connectivity index (χ1) is 16.4. The quantitative estimate of drug-likeness (QED) is 0.468. The first-order valence-corrected chi connectivity index (χ1v) is 15.0. The Morgan fingerprint density at radius 3 is 2.60 bits per heavy atom. The molecule has 0 atom stereocenters. The zero-order chi connectivity index (χ0) is 25.5. The van der Waals surface area contributed by atoms with Crippen molar-refractivity contribution >= 4 is 42.7 Å². The lowest BCUT2D eigenvalue weighted by molar-refractivity contribution is 0.444. The van der Waals surface area contributed by atoms with Crippen molar-refractivity contribution in [2.75, 3.05) is 11.6 Å². The molecule has 4 rings (SSSR count). The van der Waals surface area contributed by atoms with Gasteiger partial charge in [-0.2, -0.15) is 13.5 Å². The number of benzene rings is 1. The predicted octanol–water partition coefficient (Wildman–Crippen LogP) is 2.83. The van der Waals surface area contributed by atoms with Gasteiger partial charge in [-0.1, -0.05) is 26.0 Å². The van der Waals surface area contributed by atoms with E-state index < -0.39 is 31.2 Å². The maximum absolute atomic E-state index is 13.3. The third kappa shape index (κ3) is 5.31. The van der Waals surface area contributed by atoms with E-state index >= 15 is 0 Å². The fourth-order valence-electron chi connectivity index (χ4n) is 3.59. The Morgan fingerprint density at radius 2 is 1.97 bits per heavy atom. The largest absolute Gasteiger partial charge is 0.505 e. The van der Waals surface area contributed by atoms with E-state index in [1.165, 1.54) is 34.2 Å². The second-order valence-corrected chi connectivity index (χ2v) is 13.4. The number of nitrogens with one attached hydrogen (secondary N) is 1. The SMILES string of the molecule is CC(C)CCn1nc(-c2cccs2)c(O)c(C2=NS(=O)(=O)c3cc(CS(C)(=O)=O)ccc3N2)c1=O. The second kappa shape index (κ2) is 9.21. The number of aromatic nitrogens is 2. The summed E-state index contributed by atoms with van der Waals surface area (Å²) in [5.41, 5.74) is -0.425. The number of sulfonamides is 1. The minimum atomic E-state index is -4.30. The van der Waals surface area contributed by atoms with E-state index in [2.05, 4.69) is 14.8 Å². The highest BCUT2D eigenvalue weighted by Crippen LogP contribution is 2.35. The summed E-state index contributed by atoms with van der Waals surface area (Å²) in [4.78, 5) is 13.7. The third-order valence-electron chi connectivity index (χ3n) is 5.26. The molecule has 0 unspecified atom stereocenters. The molecule has 1 aromatic carbocycles. The molecule has 0 saturated heterocycles. The molecule has 0 spiro atoms. The molecule has 1 aliphatic heterocycles. The van der Waals surface area contributed by atoms with Crippen LogP contribution in [0.4, 0.5) is 5.69 Å². The van der Waals surface area contributed by atoms with Gasteiger partial charge in [0.1, 0.15) is 16.2 Å². The minimum absolute atomic E-state index is 0.120. The van der Waals surface area contributed by atoms with Crippen molar-refractivity contribution in [2.24, 2.45) is 10.3 Å². The molecule has 3 heterocycles. The number of aromatic hydroxyl groups is 1. The third-order valence-corrected chi connectivity index (χ3v) is 8.31. The molecule has 0 amide bonds. The molecule has 1 aliphatic rings. The van der Waals surface area contributed by atoms with Crippen LogP contribution in [0.3, 0.4) is 0 Å². The van der Waals surface area contributed by atoms with Crippen LogP contribution in [-0.4, -0.2) is 43.8 Å². The summed E-state index contributed by atoms with van der Waals surface area (Å²) in [6, 6.07) is 7.64. The van der Waals surface area contributed by atoms with Gasteiger partial charge >= 0.3 is 0 Å². The van der Waals surface area contributed by atoms with Crippen molar-refractivity contribution in [3.05, 3.63) is 57.2 Å². The fourth-order valence-corrected chi connectivity index (χ4v) is 6.26. The van der Waals surface area contributed by atoms with E-state index in [1.807, 2.05) is 13.8 Å². The van der Waals surface area contributed by atoms with Gasteiger partial charge in [0.25, 0.3) is 15.6 Å². The monoisotopic (exact) mass is 536 g/mol. The van der Waals surface area contributed by atoms with Crippen LogP contribution in [0.15, 0.2) is 49.8 Å². The average molecular weight is 537 g/mol. The smallest absolute Gasteiger partial charge is 0.286 e. The highest BCUT2D eigenvalue weighted by Gasteiger charge is 2.31. The number of hydrogen-bond acceptors (Lipinski definition) is 9. The highest BCUT2D eigenvalue weighted by molar-refractivity contribution is 7.90. The fraction of sp³-hybridized carbons (Fsp3) is 0.318. The Kier molecular flexibility index (Phi) is 6.60. The van der Waals surface area contributed by atoms with Gasteiger partial charge < -0.3 is 10.4 Å². The van der Waals surface area contributed by atoms with Gasteiger partial charge in [-0.3, -0.25) is 4.79 Å². The van der Waals surface area contributed by atoms with Crippen LogP contribution < -0.4 is 10.9 Å². The van der Waals surface area contributed by atoms with Crippen molar-refractivity contribution in [1.82, 2.24) is 9.78 Å². The maximum Gasteiger partial charge on any atom is 0.286 e. The summed E-state index contributed by atoms with van der Waals surface area (Å²) in [7, 11) is -7.69. The molecule has 0 radical (unpaired) electrons.